The summed E-state index contributed by atoms with van der Waals surface area (Å²) >= 11 is 1.60. The maximum Gasteiger partial charge on any atom is 0.291 e. The number of hydrogen-bond donors (Lipinski definition) is 1. The third-order valence-corrected chi connectivity index (χ3v) is 6.23. The molecule has 4 heterocycles. The first-order chi connectivity index (χ1) is 13.6. The van der Waals surface area contributed by atoms with Crippen molar-refractivity contribution < 1.29 is 13.9 Å². The molecule has 1 atom stereocenters. The highest BCUT2D eigenvalue weighted by Gasteiger charge is 2.30. The molecule has 1 aliphatic rings. The van der Waals surface area contributed by atoms with E-state index < -0.39 is 0 Å². The summed E-state index contributed by atoms with van der Waals surface area (Å²) in [5.41, 5.74) is 3.43. The van der Waals surface area contributed by atoms with E-state index in [2.05, 4.69) is 35.1 Å². The van der Waals surface area contributed by atoms with Crippen LogP contribution in [-0.4, -0.2) is 42.1 Å². The van der Waals surface area contributed by atoms with Crippen molar-refractivity contribution in [2.45, 2.75) is 19.9 Å². The van der Waals surface area contributed by atoms with Crippen LogP contribution in [0.2, 0.25) is 0 Å². The summed E-state index contributed by atoms with van der Waals surface area (Å²) in [4.78, 5) is 20.6. The average molecular weight is 398 g/mol. The zero-order valence-corrected chi connectivity index (χ0v) is 16.8. The van der Waals surface area contributed by atoms with Crippen molar-refractivity contribution >= 4 is 22.2 Å². The van der Waals surface area contributed by atoms with Crippen LogP contribution >= 0.6 is 11.3 Å². The lowest BCUT2D eigenvalue weighted by molar-refractivity contribution is 0.0239. The molecule has 0 aromatic carbocycles. The van der Waals surface area contributed by atoms with Crippen molar-refractivity contribution in [3.8, 4) is 0 Å². The van der Waals surface area contributed by atoms with Gasteiger partial charge in [0.05, 0.1) is 25.5 Å². The van der Waals surface area contributed by atoms with Gasteiger partial charge in [0.1, 0.15) is 5.00 Å². The molecule has 0 radical (unpaired) electrons. The van der Waals surface area contributed by atoms with E-state index in [1.807, 2.05) is 12.3 Å². The van der Waals surface area contributed by atoms with Gasteiger partial charge in [-0.05, 0) is 43.2 Å². The fraction of sp³-hybridized carbons (Fsp3) is 0.333. The van der Waals surface area contributed by atoms with Gasteiger partial charge in [0.2, 0.25) is 0 Å². The van der Waals surface area contributed by atoms with Crippen LogP contribution in [0.1, 0.15) is 38.2 Å². The number of nitrogens with zero attached hydrogens (tertiary/aromatic N) is 2. The third kappa shape index (κ3) is 3.73. The Morgan fingerprint density at radius 1 is 1.25 bits per heavy atom. The monoisotopic (exact) mass is 397 g/mol. The van der Waals surface area contributed by atoms with E-state index in [4.69, 9.17) is 9.15 Å². The van der Waals surface area contributed by atoms with Crippen LogP contribution in [0.25, 0.3) is 0 Å². The third-order valence-electron chi connectivity index (χ3n) is 5.09. The first kappa shape index (κ1) is 18.9. The van der Waals surface area contributed by atoms with E-state index in [1.165, 1.54) is 16.7 Å². The molecule has 3 aromatic heterocycles. The maximum absolute atomic E-state index is 12.6. The molecule has 0 bridgehead atoms. The number of carbonyl (C=O) groups excluding carboxylic acids is 1. The standard InChI is InChI=1S/C21H23N3O3S/c1-14-15(2)28-21(23-20(25)17-6-4-10-27-17)18(14)19(16-5-3-7-22-13-16)24-8-11-26-12-9-24/h3-7,10,13,19H,8-9,11-12H2,1-2H3,(H,23,25). The summed E-state index contributed by atoms with van der Waals surface area (Å²) in [6, 6.07) is 7.45. The second-order valence-corrected chi connectivity index (χ2v) is 8.02. The van der Waals surface area contributed by atoms with E-state index in [0.29, 0.717) is 19.0 Å². The second kappa shape index (κ2) is 8.26. The van der Waals surface area contributed by atoms with Gasteiger partial charge in [0, 0.05) is 35.9 Å². The quantitative estimate of drug-likeness (QED) is 0.704. The number of amides is 1. The number of carbonyl (C=O) groups is 1. The summed E-state index contributed by atoms with van der Waals surface area (Å²) < 4.78 is 10.8. The minimum Gasteiger partial charge on any atom is -0.459 e. The Labute approximate surface area is 168 Å². The lowest BCUT2D eigenvalue weighted by Crippen LogP contribution is -2.40. The van der Waals surface area contributed by atoms with E-state index in [1.54, 1.807) is 29.7 Å². The summed E-state index contributed by atoms with van der Waals surface area (Å²) in [5, 5.41) is 3.93. The molecule has 4 rings (SSSR count). The minimum absolute atomic E-state index is 0.00875. The van der Waals surface area contributed by atoms with Crippen LogP contribution in [0.5, 0.6) is 0 Å². The van der Waals surface area contributed by atoms with Crippen LogP contribution < -0.4 is 5.32 Å². The van der Waals surface area contributed by atoms with Crippen LogP contribution in [0.4, 0.5) is 5.00 Å². The van der Waals surface area contributed by atoms with Crippen LogP contribution in [0, 0.1) is 13.8 Å². The van der Waals surface area contributed by atoms with Gasteiger partial charge in [0.15, 0.2) is 5.76 Å². The summed E-state index contributed by atoms with van der Waals surface area (Å²) in [6.07, 6.45) is 5.20. The molecule has 28 heavy (non-hydrogen) atoms. The molecule has 6 nitrogen and oxygen atoms in total. The molecule has 0 spiro atoms. The molecule has 3 aromatic rings. The topological polar surface area (TPSA) is 67.6 Å². The van der Waals surface area contributed by atoms with E-state index in [0.717, 1.165) is 29.2 Å². The van der Waals surface area contributed by atoms with Gasteiger partial charge in [-0.1, -0.05) is 6.07 Å². The van der Waals surface area contributed by atoms with Gasteiger partial charge in [0.25, 0.3) is 5.91 Å². The SMILES string of the molecule is Cc1sc(NC(=O)c2ccco2)c(C(c2cccnc2)N2CCOCC2)c1C. The number of morpholine rings is 1. The number of ether oxygens (including phenoxy) is 1. The van der Waals surface area contributed by atoms with E-state index in [9.17, 15) is 4.79 Å². The fourth-order valence-corrected chi connectivity index (χ4v) is 4.66. The van der Waals surface area contributed by atoms with Crippen LogP contribution in [0.3, 0.4) is 0 Å². The van der Waals surface area contributed by atoms with Crippen molar-refractivity contribution in [2.24, 2.45) is 0 Å². The van der Waals surface area contributed by atoms with E-state index in [-0.39, 0.29) is 11.9 Å². The molecule has 146 valence electrons. The average Bonchev–Trinajstić information content (AvgIpc) is 3.35. The van der Waals surface area contributed by atoms with Crippen molar-refractivity contribution in [1.82, 2.24) is 9.88 Å². The Morgan fingerprint density at radius 2 is 2.07 bits per heavy atom. The highest BCUT2D eigenvalue weighted by atomic mass is 32.1. The van der Waals surface area contributed by atoms with Gasteiger partial charge in [-0.2, -0.15) is 0 Å². The number of aromatic nitrogens is 1. The van der Waals surface area contributed by atoms with Crippen LogP contribution in [-0.2, 0) is 4.74 Å². The first-order valence-corrected chi connectivity index (χ1v) is 10.1. The van der Waals surface area contributed by atoms with Gasteiger partial charge in [-0.15, -0.1) is 11.3 Å². The zero-order chi connectivity index (χ0) is 19.5. The Morgan fingerprint density at radius 3 is 2.75 bits per heavy atom. The predicted octanol–water partition coefficient (Wildman–Crippen LogP) is 4.03. The Hall–Kier alpha value is -2.48. The number of aryl methyl sites for hydroxylation is 1. The largest absolute Gasteiger partial charge is 0.459 e. The number of rotatable bonds is 5. The van der Waals surface area contributed by atoms with Crippen molar-refractivity contribution in [1.29, 1.82) is 0 Å². The highest BCUT2D eigenvalue weighted by molar-refractivity contribution is 7.16. The molecule has 1 unspecified atom stereocenters. The minimum atomic E-state index is -0.237. The van der Waals surface area contributed by atoms with Crippen molar-refractivity contribution in [2.75, 3.05) is 31.6 Å². The Bertz CT molecular complexity index is 931. The lowest BCUT2D eigenvalue weighted by Gasteiger charge is -2.35. The zero-order valence-electron chi connectivity index (χ0n) is 16.0. The number of nitrogens with one attached hydrogen (secondary N) is 1. The smallest absolute Gasteiger partial charge is 0.291 e. The lowest BCUT2D eigenvalue weighted by atomic mass is 9.95. The van der Waals surface area contributed by atoms with Gasteiger partial charge in [-0.3, -0.25) is 14.7 Å². The fourth-order valence-electron chi connectivity index (χ4n) is 3.57. The molecule has 1 amide bonds. The Kier molecular flexibility index (Phi) is 5.57. The molecule has 0 aliphatic carbocycles. The number of pyridine rings is 1. The molecule has 0 saturated carbocycles. The van der Waals surface area contributed by atoms with Gasteiger partial charge >= 0.3 is 0 Å². The maximum atomic E-state index is 12.6. The number of thiophene rings is 1. The summed E-state index contributed by atoms with van der Waals surface area (Å²) in [5.74, 6) is 0.0679. The first-order valence-electron chi connectivity index (χ1n) is 9.31. The summed E-state index contributed by atoms with van der Waals surface area (Å²) in [7, 11) is 0. The van der Waals surface area contributed by atoms with Crippen LogP contribution in [0.15, 0.2) is 47.3 Å². The molecule has 1 N–H and O–H groups in total. The Balaban J connectivity index is 1.76. The van der Waals surface area contributed by atoms with Crippen molar-refractivity contribution in [3.05, 3.63) is 70.3 Å². The van der Waals surface area contributed by atoms with E-state index >= 15 is 0 Å². The molecule has 1 aliphatic heterocycles. The molecule has 7 heteroatoms. The molecular weight excluding hydrogens is 374 g/mol. The van der Waals surface area contributed by atoms with Crippen molar-refractivity contribution in [3.63, 3.8) is 0 Å². The number of hydrogen-bond acceptors (Lipinski definition) is 6. The molecule has 1 saturated heterocycles. The predicted molar refractivity (Wildman–Crippen MR) is 109 cm³/mol. The second-order valence-electron chi connectivity index (χ2n) is 6.79. The molecule has 1 fully saturated rings. The summed E-state index contributed by atoms with van der Waals surface area (Å²) in [6.45, 7) is 7.28. The normalized spacial score (nSPS) is 16.1. The highest BCUT2D eigenvalue weighted by Crippen LogP contribution is 2.42. The number of furan rings is 1. The molecular formula is C21H23N3O3S. The number of anilines is 1. The van der Waals surface area contributed by atoms with Gasteiger partial charge in [-0.25, -0.2) is 0 Å². The van der Waals surface area contributed by atoms with Gasteiger partial charge < -0.3 is 14.5 Å².